The molecule has 1 atom stereocenters. The van der Waals surface area contributed by atoms with Gasteiger partial charge in [0.05, 0.1) is 11.0 Å². The zero-order chi connectivity index (χ0) is 16.4. The maximum atomic E-state index is 12.7. The van der Waals surface area contributed by atoms with Crippen LogP contribution < -0.4 is 5.32 Å². The Kier molecular flexibility index (Phi) is 4.70. The molecule has 2 fully saturated rings. The van der Waals surface area contributed by atoms with Crippen LogP contribution >= 0.6 is 0 Å². The van der Waals surface area contributed by atoms with Crippen LogP contribution in [0, 0.1) is 5.92 Å². The molecule has 1 saturated carbocycles. The highest BCUT2D eigenvalue weighted by atomic mass is 32.2. The summed E-state index contributed by atoms with van der Waals surface area (Å²) in [6.07, 6.45) is 3.54. The van der Waals surface area contributed by atoms with Crippen molar-refractivity contribution in [2.45, 2.75) is 43.1 Å². The second-order valence-electron chi connectivity index (χ2n) is 6.30. The summed E-state index contributed by atoms with van der Waals surface area (Å²) < 4.78 is 26.7. The summed E-state index contributed by atoms with van der Waals surface area (Å²) in [6, 6.07) is 6.34. The molecule has 0 spiro atoms. The second-order valence-corrected chi connectivity index (χ2v) is 8.24. The van der Waals surface area contributed by atoms with E-state index in [4.69, 9.17) is 0 Å². The number of aliphatic hydroxyl groups excluding tert-OH is 1. The lowest BCUT2D eigenvalue weighted by atomic mass is 9.85. The Labute approximate surface area is 136 Å². The number of sulfonamides is 1. The van der Waals surface area contributed by atoms with Crippen LogP contribution in [0.1, 0.15) is 32.1 Å². The number of rotatable bonds is 4. The van der Waals surface area contributed by atoms with Gasteiger partial charge in [-0.1, -0.05) is 12.5 Å². The Morgan fingerprint density at radius 3 is 2.65 bits per heavy atom. The first-order valence-corrected chi connectivity index (χ1v) is 9.50. The number of anilines is 1. The number of carbonyl (C=O) groups is 1. The summed E-state index contributed by atoms with van der Waals surface area (Å²) in [5.74, 6) is 0.00620. The van der Waals surface area contributed by atoms with Gasteiger partial charge in [-0.25, -0.2) is 8.42 Å². The Hall–Kier alpha value is -1.44. The number of hydrogen-bond acceptors (Lipinski definition) is 4. The first kappa shape index (κ1) is 16.4. The fraction of sp³-hybridized carbons (Fsp3) is 0.562. The first-order chi connectivity index (χ1) is 11.0. The number of aliphatic hydroxyl groups is 1. The third kappa shape index (κ3) is 3.57. The highest BCUT2D eigenvalue weighted by Crippen LogP contribution is 2.28. The molecule has 1 aromatic rings. The molecule has 7 heteroatoms. The molecule has 2 aliphatic rings. The summed E-state index contributed by atoms with van der Waals surface area (Å²) in [5, 5.41) is 12.5. The van der Waals surface area contributed by atoms with E-state index in [0.717, 1.165) is 19.3 Å². The molecule has 1 heterocycles. The van der Waals surface area contributed by atoms with Gasteiger partial charge in [0.1, 0.15) is 0 Å². The molecule has 2 N–H and O–H groups in total. The van der Waals surface area contributed by atoms with Crippen LogP contribution in [0.25, 0.3) is 0 Å². The number of nitrogens with one attached hydrogen (secondary N) is 1. The highest BCUT2D eigenvalue weighted by Gasteiger charge is 2.30. The maximum Gasteiger partial charge on any atom is 0.243 e. The van der Waals surface area contributed by atoms with Gasteiger partial charge in [0.15, 0.2) is 0 Å². The third-order valence-corrected chi connectivity index (χ3v) is 6.44. The average molecular weight is 338 g/mol. The molecule has 1 amide bonds. The Morgan fingerprint density at radius 2 is 2.00 bits per heavy atom. The largest absolute Gasteiger partial charge is 0.392 e. The molecule has 1 unspecified atom stereocenters. The van der Waals surface area contributed by atoms with Gasteiger partial charge in [0.2, 0.25) is 15.9 Å². The fourth-order valence-corrected chi connectivity index (χ4v) is 4.50. The standard InChI is InChI=1S/C16H22N2O4S/c19-14-7-3-9-18(11-14)23(21,22)15-8-2-6-13(10-15)17-16(20)12-4-1-5-12/h2,6,8,10,12,14,19H,1,3-5,7,9,11H2,(H,17,20). The van der Waals surface area contributed by atoms with Crippen molar-refractivity contribution in [3.05, 3.63) is 24.3 Å². The van der Waals surface area contributed by atoms with Gasteiger partial charge in [-0.15, -0.1) is 0 Å². The van der Waals surface area contributed by atoms with Gasteiger partial charge in [-0.2, -0.15) is 4.31 Å². The summed E-state index contributed by atoms with van der Waals surface area (Å²) in [4.78, 5) is 12.1. The van der Waals surface area contributed by atoms with Crippen molar-refractivity contribution in [3.8, 4) is 0 Å². The van der Waals surface area contributed by atoms with E-state index in [2.05, 4.69) is 5.32 Å². The lowest BCUT2D eigenvalue weighted by Gasteiger charge is -2.29. The van der Waals surface area contributed by atoms with E-state index < -0.39 is 16.1 Å². The van der Waals surface area contributed by atoms with Crippen LogP contribution in [0.3, 0.4) is 0 Å². The van der Waals surface area contributed by atoms with Crippen LogP contribution in [0.15, 0.2) is 29.2 Å². The molecule has 6 nitrogen and oxygen atoms in total. The van der Waals surface area contributed by atoms with Crippen molar-refractivity contribution < 1.29 is 18.3 Å². The van der Waals surface area contributed by atoms with E-state index in [1.807, 2.05) is 0 Å². The SMILES string of the molecule is O=C(Nc1cccc(S(=O)(=O)N2CCCC(O)C2)c1)C1CCC1. The van der Waals surface area contributed by atoms with Crippen LogP contribution in [0.4, 0.5) is 5.69 Å². The van der Waals surface area contributed by atoms with Gasteiger partial charge in [0, 0.05) is 24.7 Å². The summed E-state index contributed by atoms with van der Waals surface area (Å²) in [5.41, 5.74) is 0.500. The van der Waals surface area contributed by atoms with Crippen molar-refractivity contribution in [1.29, 1.82) is 0 Å². The molecule has 0 radical (unpaired) electrons. The maximum absolute atomic E-state index is 12.7. The van der Waals surface area contributed by atoms with Gasteiger partial charge in [0.25, 0.3) is 0 Å². The van der Waals surface area contributed by atoms with Crippen LogP contribution in [-0.2, 0) is 14.8 Å². The van der Waals surface area contributed by atoms with Gasteiger partial charge in [-0.3, -0.25) is 4.79 Å². The molecular weight excluding hydrogens is 316 g/mol. The Bertz CT molecular complexity index is 685. The van der Waals surface area contributed by atoms with E-state index >= 15 is 0 Å². The lowest BCUT2D eigenvalue weighted by Crippen LogP contribution is -2.42. The third-order valence-electron chi connectivity index (χ3n) is 4.57. The summed E-state index contributed by atoms with van der Waals surface area (Å²) in [6.45, 7) is 0.541. The molecule has 1 aliphatic carbocycles. The summed E-state index contributed by atoms with van der Waals surface area (Å²) in [7, 11) is -3.64. The molecule has 1 saturated heterocycles. The minimum Gasteiger partial charge on any atom is -0.392 e. The van der Waals surface area contributed by atoms with Crippen LogP contribution in [0.2, 0.25) is 0 Å². The van der Waals surface area contributed by atoms with Crippen LogP contribution in [0.5, 0.6) is 0 Å². The zero-order valence-corrected chi connectivity index (χ0v) is 13.8. The number of benzene rings is 1. The van der Waals surface area contributed by atoms with Crippen molar-refractivity contribution in [1.82, 2.24) is 4.31 Å². The lowest BCUT2D eigenvalue weighted by molar-refractivity contribution is -0.122. The topological polar surface area (TPSA) is 86.7 Å². The normalized spacial score (nSPS) is 23.3. The number of nitrogens with zero attached hydrogens (tertiary/aromatic N) is 1. The van der Waals surface area contributed by atoms with E-state index in [9.17, 15) is 18.3 Å². The van der Waals surface area contributed by atoms with Gasteiger partial charge in [-0.05, 0) is 43.9 Å². The molecular formula is C16H22N2O4S. The Balaban J connectivity index is 1.76. The molecule has 0 aromatic heterocycles. The van der Waals surface area contributed by atoms with Gasteiger partial charge >= 0.3 is 0 Å². The first-order valence-electron chi connectivity index (χ1n) is 8.06. The molecule has 1 aromatic carbocycles. The predicted molar refractivity (Wildman–Crippen MR) is 86.4 cm³/mol. The van der Waals surface area contributed by atoms with E-state index in [0.29, 0.717) is 25.1 Å². The number of hydrogen-bond donors (Lipinski definition) is 2. The summed E-state index contributed by atoms with van der Waals surface area (Å²) >= 11 is 0. The molecule has 1 aliphatic heterocycles. The minimum absolute atomic E-state index is 0.0424. The fourth-order valence-electron chi connectivity index (χ4n) is 2.94. The van der Waals surface area contributed by atoms with Crippen molar-refractivity contribution in [2.24, 2.45) is 5.92 Å². The smallest absolute Gasteiger partial charge is 0.243 e. The quantitative estimate of drug-likeness (QED) is 0.872. The molecule has 23 heavy (non-hydrogen) atoms. The zero-order valence-electron chi connectivity index (χ0n) is 12.9. The monoisotopic (exact) mass is 338 g/mol. The average Bonchev–Trinajstić information content (AvgIpc) is 2.45. The van der Waals surface area contributed by atoms with Gasteiger partial charge < -0.3 is 10.4 Å². The number of carbonyl (C=O) groups excluding carboxylic acids is 1. The number of piperidine rings is 1. The second kappa shape index (κ2) is 6.59. The van der Waals surface area contributed by atoms with Crippen molar-refractivity contribution in [2.75, 3.05) is 18.4 Å². The molecule has 3 rings (SSSR count). The van der Waals surface area contributed by atoms with Crippen molar-refractivity contribution in [3.63, 3.8) is 0 Å². The number of β-amino-alcohol motifs (C(OH)–C–C–N with tert-alkyl or cyclic N) is 1. The van der Waals surface area contributed by atoms with Crippen molar-refractivity contribution >= 4 is 21.6 Å². The highest BCUT2D eigenvalue weighted by molar-refractivity contribution is 7.89. The predicted octanol–water partition coefficient (Wildman–Crippen LogP) is 1.57. The molecule has 0 bridgehead atoms. The number of amides is 1. The van der Waals surface area contributed by atoms with Crippen LogP contribution in [-0.4, -0.2) is 42.9 Å². The van der Waals surface area contributed by atoms with E-state index in [1.165, 1.54) is 16.4 Å². The Morgan fingerprint density at radius 1 is 1.22 bits per heavy atom. The van der Waals surface area contributed by atoms with E-state index in [1.54, 1.807) is 12.1 Å². The van der Waals surface area contributed by atoms with E-state index in [-0.39, 0.29) is 23.3 Å². The molecule has 126 valence electrons. The minimum atomic E-state index is -3.64.